The summed E-state index contributed by atoms with van der Waals surface area (Å²) in [5.41, 5.74) is 0.849. The molecule has 0 aromatic carbocycles. The van der Waals surface area contributed by atoms with E-state index in [2.05, 4.69) is 24.7 Å². The first-order valence-electron chi connectivity index (χ1n) is 10.2. The standard InChI is InChI=1S/C19H26O3.C3H6O2/c1-11-12-8-9-19(2)15(13(12)6-7-16(11)20)10-18(22-19)14-4-3-5-17(14)21;1-3(4)5-2/h4,11-13,15,18H,3,5-10H2,1-2H3;1-2H3. The second kappa shape index (κ2) is 7.86. The van der Waals surface area contributed by atoms with Crippen molar-refractivity contribution in [2.45, 2.75) is 77.4 Å². The van der Waals surface area contributed by atoms with Gasteiger partial charge in [-0.2, -0.15) is 0 Å². The Morgan fingerprint density at radius 3 is 2.52 bits per heavy atom. The third-order valence-corrected chi connectivity index (χ3v) is 7.27. The van der Waals surface area contributed by atoms with Crippen LogP contribution < -0.4 is 0 Å². The second-order valence-electron chi connectivity index (χ2n) is 8.74. The largest absolute Gasteiger partial charge is 0.469 e. The number of rotatable bonds is 1. The first-order valence-corrected chi connectivity index (χ1v) is 10.2. The van der Waals surface area contributed by atoms with Crippen LogP contribution in [0.2, 0.25) is 0 Å². The Hall–Kier alpha value is -1.49. The van der Waals surface area contributed by atoms with Crippen molar-refractivity contribution in [2.24, 2.45) is 23.7 Å². The highest BCUT2D eigenvalue weighted by Gasteiger charge is 2.56. The zero-order valence-electron chi connectivity index (χ0n) is 17.0. The Balaban J connectivity index is 0.000000376. The Bertz CT molecular complexity index is 651. The summed E-state index contributed by atoms with van der Waals surface area (Å²) < 4.78 is 10.6. The molecule has 3 fully saturated rings. The molecule has 6 atom stereocenters. The van der Waals surface area contributed by atoms with Crippen molar-refractivity contribution in [2.75, 3.05) is 7.11 Å². The van der Waals surface area contributed by atoms with Crippen LogP contribution in [-0.4, -0.2) is 36.4 Å². The van der Waals surface area contributed by atoms with Crippen LogP contribution in [0.3, 0.4) is 0 Å². The van der Waals surface area contributed by atoms with E-state index in [1.807, 2.05) is 0 Å². The molecule has 0 N–H and O–H groups in total. The molecule has 4 aliphatic rings. The van der Waals surface area contributed by atoms with Crippen molar-refractivity contribution in [3.05, 3.63) is 11.6 Å². The Morgan fingerprint density at radius 1 is 1.22 bits per heavy atom. The van der Waals surface area contributed by atoms with Crippen LogP contribution in [0.15, 0.2) is 11.6 Å². The SMILES string of the molecule is CC1C(=O)CCC2C1CCC1(C)OC(C3=CCCC3=O)CC21.COC(C)=O. The number of methoxy groups -OCH3 is 1. The number of fused-ring (bicyclic) bond motifs is 3. The minimum Gasteiger partial charge on any atom is -0.469 e. The molecule has 0 amide bonds. The van der Waals surface area contributed by atoms with E-state index < -0.39 is 0 Å². The molecule has 27 heavy (non-hydrogen) atoms. The van der Waals surface area contributed by atoms with Gasteiger partial charge in [0.25, 0.3) is 0 Å². The summed E-state index contributed by atoms with van der Waals surface area (Å²) in [5, 5.41) is 0. The molecule has 1 aliphatic heterocycles. The predicted octanol–water partition coefficient (Wildman–Crippen LogP) is 3.64. The van der Waals surface area contributed by atoms with E-state index >= 15 is 0 Å². The first-order chi connectivity index (χ1) is 12.8. The predicted molar refractivity (Wildman–Crippen MR) is 101 cm³/mol. The van der Waals surface area contributed by atoms with E-state index in [0.29, 0.717) is 30.0 Å². The summed E-state index contributed by atoms with van der Waals surface area (Å²) >= 11 is 0. The molecule has 0 aromatic rings. The molecule has 2 saturated carbocycles. The van der Waals surface area contributed by atoms with Crippen LogP contribution in [0.25, 0.3) is 0 Å². The lowest BCUT2D eigenvalue weighted by Gasteiger charge is -2.49. The fourth-order valence-corrected chi connectivity index (χ4v) is 5.71. The maximum atomic E-state index is 12.1. The van der Waals surface area contributed by atoms with E-state index in [1.54, 1.807) is 0 Å². The average Bonchev–Trinajstić information content (AvgIpc) is 3.21. The first kappa shape index (κ1) is 20.2. The molecule has 0 spiro atoms. The van der Waals surface area contributed by atoms with E-state index in [4.69, 9.17) is 4.74 Å². The highest BCUT2D eigenvalue weighted by atomic mass is 16.5. The van der Waals surface area contributed by atoms with Gasteiger partial charge in [-0.15, -0.1) is 0 Å². The number of carbonyl (C=O) groups is 3. The molecule has 0 bridgehead atoms. The molecule has 1 heterocycles. The van der Waals surface area contributed by atoms with Crippen molar-refractivity contribution >= 4 is 17.5 Å². The van der Waals surface area contributed by atoms with Gasteiger partial charge in [-0.05, 0) is 56.8 Å². The normalized spacial score (nSPS) is 40.4. The van der Waals surface area contributed by atoms with Gasteiger partial charge in [0.1, 0.15) is 5.78 Å². The van der Waals surface area contributed by atoms with Gasteiger partial charge in [0.2, 0.25) is 0 Å². The van der Waals surface area contributed by atoms with E-state index in [-0.39, 0.29) is 29.4 Å². The lowest BCUT2D eigenvalue weighted by molar-refractivity contribution is -0.138. The van der Waals surface area contributed by atoms with Crippen LogP contribution in [0.5, 0.6) is 0 Å². The summed E-state index contributed by atoms with van der Waals surface area (Å²) in [6.45, 7) is 5.73. The number of allylic oxidation sites excluding steroid dienone is 1. The Morgan fingerprint density at radius 2 is 1.93 bits per heavy atom. The van der Waals surface area contributed by atoms with Gasteiger partial charge in [0.15, 0.2) is 5.78 Å². The molecule has 0 radical (unpaired) electrons. The van der Waals surface area contributed by atoms with Crippen LogP contribution in [0.4, 0.5) is 0 Å². The number of hydrogen-bond donors (Lipinski definition) is 0. The molecule has 150 valence electrons. The van der Waals surface area contributed by atoms with Crippen molar-refractivity contribution in [1.29, 1.82) is 0 Å². The quantitative estimate of drug-likeness (QED) is 0.654. The van der Waals surface area contributed by atoms with Gasteiger partial charge in [0, 0.05) is 31.3 Å². The fraction of sp³-hybridized carbons (Fsp3) is 0.773. The molecule has 1 saturated heterocycles. The van der Waals surface area contributed by atoms with Crippen LogP contribution in [-0.2, 0) is 23.9 Å². The number of esters is 1. The molecule has 3 aliphatic carbocycles. The molecule has 4 rings (SSSR count). The van der Waals surface area contributed by atoms with E-state index in [1.165, 1.54) is 14.0 Å². The summed E-state index contributed by atoms with van der Waals surface area (Å²) in [7, 11) is 1.35. The summed E-state index contributed by atoms with van der Waals surface area (Å²) in [6.07, 6.45) is 8.53. The van der Waals surface area contributed by atoms with Crippen molar-refractivity contribution in [3.63, 3.8) is 0 Å². The molecular weight excluding hydrogens is 344 g/mol. The summed E-state index contributed by atoms with van der Waals surface area (Å²) in [6, 6.07) is 0. The lowest BCUT2D eigenvalue weighted by Crippen LogP contribution is -2.48. The molecule has 5 nitrogen and oxygen atoms in total. The minimum atomic E-state index is -0.245. The number of hydrogen-bond acceptors (Lipinski definition) is 5. The number of ether oxygens (including phenoxy) is 2. The Labute approximate surface area is 161 Å². The zero-order chi connectivity index (χ0) is 19.8. The smallest absolute Gasteiger partial charge is 0.302 e. The maximum absolute atomic E-state index is 12.1. The number of Topliss-reactive ketones (excluding diaryl/α,β-unsaturated/α-hetero) is 2. The monoisotopic (exact) mass is 376 g/mol. The topological polar surface area (TPSA) is 69.7 Å². The highest BCUT2D eigenvalue weighted by molar-refractivity contribution is 5.98. The fourth-order valence-electron chi connectivity index (χ4n) is 5.71. The van der Waals surface area contributed by atoms with Crippen molar-refractivity contribution in [1.82, 2.24) is 0 Å². The number of carbonyl (C=O) groups excluding carboxylic acids is 3. The molecule has 0 aromatic heterocycles. The molecule has 5 heteroatoms. The maximum Gasteiger partial charge on any atom is 0.302 e. The van der Waals surface area contributed by atoms with Gasteiger partial charge in [-0.3, -0.25) is 14.4 Å². The van der Waals surface area contributed by atoms with Gasteiger partial charge in [-0.25, -0.2) is 0 Å². The highest BCUT2D eigenvalue weighted by Crippen LogP contribution is 2.56. The third-order valence-electron chi connectivity index (χ3n) is 7.27. The van der Waals surface area contributed by atoms with Crippen LogP contribution in [0, 0.1) is 23.7 Å². The lowest BCUT2D eigenvalue weighted by atomic mass is 9.57. The second-order valence-corrected chi connectivity index (χ2v) is 8.74. The summed E-state index contributed by atoms with van der Waals surface area (Å²) in [4.78, 5) is 33.7. The van der Waals surface area contributed by atoms with Gasteiger partial charge in [0.05, 0.1) is 18.8 Å². The average molecular weight is 376 g/mol. The molecular formula is C22H32O5. The molecule has 6 unspecified atom stereocenters. The van der Waals surface area contributed by atoms with Crippen LogP contribution in [0.1, 0.15) is 65.7 Å². The van der Waals surface area contributed by atoms with Crippen LogP contribution >= 0.6 is 0 Å². The zero-order valence-corrected chi connectivity index (χ0v) is 17.0. The third kappa shape index (κ3) is 3.89. The van der Waals surface area contributed by atoms with Crippen molar-refractivity contribution < 1.29 is 23.9 Å². The van der Waals surface area contributed by atoms with E-state index in [9.17, 15) is 14.4 Å². The number of ketones is 2. The van der Waals surface area contributed by atoms with Gasteiger partial charge < -0.3 is 9.47 Å². The summed E-state index contributed by atoms with van der Waals surface area (Å²) in [5.74, 6) is 2.37. The minimum absolute atomic E-state index is 0.0108. The van der Waals surface area contributed by atoms with Gasteiger partial charge in [-0.1, -0.05) is 13.0 Å². The van der Waals surface area contributed by atoms with Crippen molar-refractivity contribution in [3.8, 4) is 0 Å². The van der Waals surface area contributed by atoms with Gasteiger partial charge >= 0.3 is 5.97 Å². The van der Waals surface area contributed by atoms with E-state index in [0.717, 1.165) is 44.1 Å². The Kier molecular flexibility index (Phi) is 5.90.